The first kappa shape index (κ1) is 12.0. The van der Waals surface area contributed by atoms with Crippen LogP contribution in [0.4, 0.5) is 18.9 Å². The summed E-state index contributed by atoms with van der Waals surface area (Å²) in [5.74, 6) is -0.173. The minimum atomic E-state index is -4.64. The Morgan fingerprint density at radius 1 is 1.18 bits per heavy atom. The first-order valence-corrected chi connectivity index (χ1v) is 5.36. The van der Waals surface area contributed by atoms with E-state index in [0.717, 1.165) is 31.9 Å². The van der Waals surface area contributed by atoms with Crippen LogP contribution in [0.3, 0.4) is 0 Å². The fourth-order valence-electron chi connectivity index (χ4n) is 1.80. The first-order valence-electron chi connectivity index (χ1n) is 5.36. The molecule has 1 aliphatic heterocycles. The van der Waals surface area contributed by atoms with Gasteiger partial charge in [-0.1, -0.05) is 6.07 Å². The zero-order valence-corrected chi connectivity index (χ0v) is 9.13. The van der Waals surface area contributed by atoms with Crippen molar-refractivity contribution in [2.24, 2.45) is 0 Å². The summed E-state index contributed by atoms with van der Waals surface area (Å²) in [6.45, 7) is 3.25. The fourth-order valence-corrected chi connectivity index (χ4v) is 1.80. The second kappa shape index (κ2) is 4.83. The number of alkyl halides is 3. The maximum atomic E-state index is 12.1. The molecule has 1 N–H and O–H groups in total. The molecule has 1 heterocycles. The molecule has 1 aromatic rings. The van der Waals surface area contributed by atoms with E-state index in [1.807, 2.05) is 4.90 Å². The zero-order chi connectivity index (χ0) is 12.3. The van der Waals surface area contributed by atoms with E-state index in [2.05, 4.69) is 10.1 Å². The van der Waals surface area contributed by atoms with Gasteiger partial charge in [-0.3, -0.25) is 0 Å². The standard InChI is InChI=1S/C11H13F3N2O/c12-11(13,14)17-10-3-1-2-9(8-10)16-6-4-15-5-7-16/h1-3,8,15H,4-7H2. The minimum Gasteiger partial charge on any atom is -0.406 e. The second-order valence-corrected chi connectivity index (χ2v) is 3.78. The van der Waals surface area contributed by atoms with Crippen LogP contribution in [0.2, 0.25) is 0 Å². The van der Waals surface area contributed by atoms with Crippen LogP contribution in [0.1, 0.15) is 0 Å². The predicted octanol–water partition coefficient (Wildman–Crippen LogP) is 1.99. The summed E-state index contributed by atoms with van der Waals surface area (Å²) in [4.78, 5) is 2.03. The van der Waals surface area contributed by atoms with Gasteiger partial charge in [-0.2, -0.15) is 0 Å². The molecule has 0 unspecified atom stereocenters. The van der Waals surface area contributed by atoms with Crippen molar-refractivity contribution < 1.29 is 17.9 Å². The van der Waals surface area contributed by atoms with Crippen LogP contribution in [-0.4, -0.2) is 32.5 Å². The van der Waals surface area contributed by atoms with E-state index in [1.165, 1.54) is 12.1 Å². The lowest BCUT2D eigenvalue weighted by atomic mass is 10.2. The van der Waals surface area contributed by atoms with Gasteiger partial charge >= 0.3 is 6.36 Å². The molecule has 0 spiro atoms. The van der Waals surface area contributed by atoms with Crippen molar-refractivity contribution in [2.45, 2.75) is 6.36 Å². The molecule has 6 heteroatoms. The number of hydrogen-bond acceptors (Lipinski definition) is 3. The van der Waals surface area contributed by atoms with Gasteiger partial charge < -0.3 is 15.0 Å². The fraction of sp³-hybridized carbons (Fsp3) is 0.455. The van der Waals surface area contributed by atoms with Crippen LogP contribution in [-0.2, 0) is 0 Å². The van der Waals surface area contributed by atoms with Crippen LogP contribution >= 0.6 is 0 Å². The maximum absolute atomic E-state index is 12.1. The van der Waals surface area contributed by atoms with Gasteiger partial charge in [-0.25, -0.2) is 0 Å². The van der Waals surface area contributed by atoms with Crippen LogP contribution in [0.5, 0.6) is 5.75 Å². The highest BCUT2D eigenvalue weighted by atomic mass is 19.4. The molecule has 0 amide bonds. The average Bonchev–Trinajstić information content (AvgIpc) is 2.28. The molecule has 0 radical (unpaired) electrons. The minimum absolute atomic E-state index is 0.173. The molecule has 0 bridgehead atoms. The lowest BCUT2D eigenvalue weighted by molar-refractivity contribution is -0.274. The number of hydrogen-bond donors (Lipinski definition) is 1. The quantitative estimate of drug-likeness (QED) is 0.863. The molecule has 94 valence electrons. The molecule has 0 aromatic heterocycles. The number of halogens is 3. The normalized spacial score (nSPS) is 17.0. The summed E-state index contributed by atoms with van der Waals surface area (Å²) in [7, 11) is 0. The molecule has 0 aliphatic carbocycles. The van der Waals surface area contributed by atoms with Gasteiger partial charge in [0.15, 0.2) is 0 Å². The molecular weight excluding hydrogens is 233 g/mol. The Bertz CT molecular complexity index is 375. The molecule has 1 aliphatic rings. The van der Waals surface area contributed by atoms with E-state index in [4.69, 9.17) is 0 Å². The summed E-state index contributed by atoms with van der Waals surface area (Å²) < 4.78 is 40.1. The Morgan fingerprint density at radius 3 is 2.53 bits per heavy atom. The molecule has 17 heavy (non-hydrogen) atoms. The Labute approximate surface area is 97.2 Å². The Balaban J connectivity index is 2.10. The largest absolute Gasteiger partial charge is 0.573 e. The lowest BCUT2D eigenvalue weighted by Gasteiger charge is -2.29. The van der Waals surface area contributed by atoms with E-state index in [9.17, 15) is 13.2 Å². The Morgan fingerprint density at radius 2 is 1.88 bits per heavy atom. The van der Waals surface area contributed by atoms with Gasteiger partial charge in [0.2, 0.25) is 0 Å². The van der Waals surface area contributed by atoms with Crippen molar-refractivity contribution in [1.82, 2.24) is 5.32 Å². The third-order valence-corrected chi connectivity index (χ3v) is 2.53. The lowest BCUT2D eigenvalue weighted by Crippen LogP contribution is -2.43. The molecule has 0 saturated carbocycles. The summed E-state index contributed by atoms with van der Waals surface area (Å²) in [6, 6.07) is 6.07. The molecule has 1 saturated heterocycles. The number of piperazine rings is 1. The molecule has 1 aromatic carbocycles. The average molecular weight is 246 g/mol. The van der Waals surface area contributed by atoms with Crippen LogP contribution in [0, 0.1) is 0 Å². The van der Waals surface area contributed by atoms with E-state index >= 15 is 0 Å². The summed E-state index contributed by atoms with van der Waals surface area (Å²) in [6.07, 6.45) is -4.64. The highest BCUT2D eigenvalue weighted by Gasteiger charge is 2.31. The van der Waals surface area contributed by atoms with Crippen LogP contribution in [0.25, 0.3) is 0 Å². The SMILES string of the molecule is FC(F)(F)Oc1cccc(N2CCNCC2)c1. The third-order valence-electron chi connectivity index (χ3n) is 2.53. The first-order chi connectivity index (χ1) is 8.04. The second-order valence-electron chi connectivity index (χ2n) is 3.78. The summed E-state index contributed by atoms with van der Waals surface area (Å²) >= 11 is 0. The van der Waals surface area contributed by atoms with Crippen molar-refractivity contribution in [3.05, 3.63) is 24.3 Å². The van der Waals surface area contributed by atoms with Gasteiger partial charge in [-0.05, 0) is 12.1 Å². The van der Waals surface area contributed by atoms with Gasteiger partial charge in [0.05, 0.1) is 0 Å². The van der Waals surface area contributed by atoms with Crippen molar-refractivity contribution in [1.29, 1.82) is 0 Å². The highest BCUT2D eigenvalue weighted by molar-refractivity contribution is 5.51. The Hall–Kier alpha value is -1.43. The number of benzene rings is 1. The summed E-state index contributed by atoms with van der Waals surface area (Å²) in [5, 5.41) is 3.18. The predicted molar refractivity (Wildman–Crippen MR) is 58.2 cm³/mol. The smallest absolute Gasteiger partial charge is 0.406 e. The van der Waals surface area contributed by atoms with Crippen LogP contribution < -0.4 is 15.0 Å². The van der Waals surface area contributed by atoms with Crippen LogP contribution in [0.15, 0.2) is 24.3 Å². The molecule has 3 nitrogen and oxygen atoms in total. The van der Waals surface area contributed by atoms with Gasteiger partial charge in [0.1, 0.15) is 5.75 Å². The number of ether oxygens (including phenoxy) is 1. The van der Waals surface area contributed by atoms with Gasteiger partial charge in [0, 0.05) is 37.9 Å². The monoisotopic (exact) mass is 246 g/mol. The van der Waals surface area contributed by atoms with Crippen molar-refractivity contribution in [2.75, 3.05) is 31.1 Å². The molecular formula is C11H13F3N2O. The van der Waals surface area contributed by atoms with E-state index in [-0.39, 0.29) is 5.75 Å². The summed E-state index contributed by atoms with van der Waals surface area (Å²) in [5.41, 5.74) is 0.758. The van der Waals surface area contributed by atoms with E-state index < -0.39 is 6.36 Å². The molecule has 2 rings (SSSR count). The number of nitrogens with one attached hydrogen (secondary N) is 1. The zero-order valence-electron chi connectivity index (χ0n) is 9.13. The number of nitrogens with zero attached hydrogens (tertiary/aromatic N) is 1. The molecule has 0 atom stereocenters. The Kier molecular flexibility index (Phi) is 3.42. The number of rotatable bonds is 2. The van der Waals surface area contributed by atoms with Crippen molar-refractivity contribution >= 4 is 5.69 Å². The topological polar surface area (TPSA) is 24.5 Å². The maximum Gasteiger partial charge on any atom is 0.573 e. The highest BCUT2D eigenvalue weighted by Crippen LogP contribution is 2.26. The van der Waals surface area contributed by atoms with Crippen molar-refractivity contribution in [3.63, 3.8) is 0 Å². The number of anilines is 1. The molecule has 1 fully saturated rings. The third kappa shape index (κ3) is 3.52. The van der Waals surface area contributed by atoms with E-state index in [0.29, 0.717) is 0 Å². The van der Waals surface area contributed by atoms with Crippen molar-refractivity contribution in [3.8, 4) is 5.75 Å². The van der Waals surface area contributed by atoms with Gasteiger partial charge in [0.25, 0.3) is 0 Å². The van der Waals surface area contributed by atoms with Gasteiger partial charge in [-0.15, -0.1) is 13.2 Å². The van der Waals surface area contributed by atoms with E-state index in [1.54, 1.807) is 12.1 Å².